The molecule has 1 aromatic rings. The Morgan fingerprint density at radius 1 is 1.56 bits per heavy atom. The van der Waals surface area contributed by atoms with Crippen molar-refractivity contribution in [2.45, 2.75) is 37.8 Å². The molecule has 2 heterocycles. The predicted molar refractivity (Wildman–Crippen MR) is 75.1 cm³/mol. The van der Waals surface area contributed by atoms with Gasteiger partial charge in [-0.15, -0.1) is 11.3 Å². The van der Waals surface area contributed by atoms with Gasteiger partial charge in [-0.05, 0) is 41.3 Å². The fraction of sp³-hybridized carbons (Fsp3) is 0.636. The molecule has 0 saturated carbocycles. The lowest BCUT2D eigenvalue weighted by Gasteiger charge is -2.20. The first-order chi connectivity index (χ1) is 8.36. The fourth-order valence-corrected chi connectivity index (χ4v) is 6.63. The Bertz CT molecular complexity index is 540. The minimum Gasteiger partial charge on any atom is -0.391 e. The Labute approximate surface area is 120 Å². The molecule has 1 aliphatic heterocycles. The fourth-order valence-electron chi connectivity index (χ4n) is 2.37. The molecule has 102 valence electrons. The number of hydrogen-bond donors (Lipinski definition) is 1. The van der Waals surface area contributed by atoms with Gasteiger partial charge in [-0.25, -0.2) is 8.42 Å². The molecular weight excluding hydrogens is 338 g/mol. The van der Waals surface area contributed by atoms with Gasteiger partial charge in [0.1, 0.15) is 4.90 Å². The van der Waals surface area contributed by atoms with Crippen LogP contribution in [0.2, 0.25) is 0 Å². The average Bonchev–Trinajstić information content (AvgIpc) is 2.82. The maximum absolute atomic E-state index is 12.6. The van der Waals surface area contributed by atoms with Crippen molar-refractivity contribution in [3.05, 3.63) is 14.7 Å². The number of hydrogen-bond acceptors (Lipinski definition) is 4. The summed E-state index contributed by atoms with van der Waals surface area (Å²) in [6, 6.07) is 1.59. The first-order valence-corrected chi connectivity index (χ1v) is 8.82. The molecule has 18 heavy (non-hydrogen) atoms. The van der Waals surface area contributed by atoms with E-state index >= 15 is 0 Å². The third kappa shape index (κ3) is 2.51. The van der Waals surface area contributed by atoms with Crippen molar-refractivity contribution < 1.29 is 13.5 Å². The van der Waals surface area contributed by atoms with Crippen LogP contribution in [0, 0.1) is 5.92 Å². The van der Waals surface area contributed by atoms with E-state index in [0.717, 1.165) is 6.42 Å². The maximum Gasteiger partial charge on any atom is 0.245 e. The summed E-state index contributed by atoms with van der Waals surface area (Å²) in [7, 11) is -3.45. The highest BCUT2D eigenvalue weighted by molar-refractivity contribution is 9.11. The molecule has 4 nitrogen and oxygen atoms in total. The van der Waals surface area contributed by atoms with E-state index in [1.54, 1.807) is 10.4 Å². The van der Waals surface area contributed by atoms with Crippen molar-refractivity contribution in [3.8, 4) is 0 Å². The van der Waals surface area contributed by atoms with Crippen molar-refractivity contribution in [1.82, 2.24) is 4.31 Å². The SMILES string of the molecule is CC1CC(C)N(S(=O)(=O)c2cc(CO)sc2Br)C1. The van der Waals surface area contributed by atoms with Crippen LogP contribution in [0.3, 0.4) is 0 Å². The zero-order valence-electron chi connectivity index (χ0n) is 10.3. The van der Waals surface area contributed by atoms with E-state index in [2.05, 4.69) is 22.9 Å². The van der Waals surface area contributed by atoms with Crippen molar-refractivity contribution >= 4 is 37.3 Å². The quantitative estimate of drug-likeness (QED) is 0.907. The standard InChI is InChI=1S/C11H16BrNO3S2/c1-7-3-8(2)13(5-7)18(15,16)10-4-9(6-14)17-11(10)12/h4,7-8,14H,3,5-6H2,1-2H3. The van der Waals surface area contributed by atoms with Crippen LogP contribution in [-0.4, -0.2) is 30.4 Å². The van der Waals surface area contributed by atoms with Gasteiger partial charge in [0.05, 0.1) is 10.4 Å². The van der Waals surface area contributed by atoms with E-state index in [1.807, 2.05) is 6.92 Å². The maximum atomic E-state index is 12.6. The minimum absolute atomic E-state index is 0.0365. The van der Waals surface area contributed by atoms with Gasteiger partial charge in [0.15, 0.2) is 0 Å². The number of sulfonamides is 1. The van der Waals surface area contributed by atoms with Crippen LogP contribution in [0.5, 0.6) is 0 Å². The lowest BCUT2D eigenvalue weighted by molar-refractivity contribution is 0.285. The zero-order chi connectivity index (χ0) is 13.5. The van der Waals surface area contributed by atoms with E-state index in [1.165, 1.54) is 11.3 Å². The summed E-state index contributed by atoms with van der Waals surface area (Å²) >= 11 is 4.54. The topological polar surface area (TPSA) is 57.6 Å². The number of halogens is 1. The van der Waals surface area contributed by atoms with Gasteiger partial charge >= 0.3 is 0 Å². The number of rotatable bonds is 3. The van der Waals surface area contributed by atoms with Crippen molar-refractivity contribution in [1.29, 1.82) is 0 Å². The number of aliphatic hydroxyl groups is 1. The molecule has 0 radical (unpaired) electrons. The van der Waals surface area contributed by atoms with E-state index in [4.69, 9.17) is 5.11 Å². The molecule has 2 atom stereocenters. The Morgan fingerprint density at radius 3 is 2.67 bits per heavy atom. The molecule has 0 bridgehead atoms. The van der Waals surface area contributed by atoms with Gasteiger partial charge in [-0.1, -0.05) is 6.92 Å². The summed E-state index contributed by atoms with van der Waals surface area (Å²) in [4.78, 5) is 0.929. The molecule has 2 rings (SSSR count). The predicted octanol–water partition coefficient (Wildman–Crippen LogP) is 2.42. The molecule has 0 aliphatic carbocycles. The number of thiophene rings is 1. The van der Waals surface area contributed by atoms with Crippen molar-refractivity contribution in [2.24, 2.45) is 5.92 Å². The summed E-state index contributed by atoms with van der Waals surface area (Å²) in [6.07, 6.45) is 0.897. The summed E-state index contributed by atoms with van der Waals surface area (Å²) < 4.78 is 27.3. The van der Waals surface area contributed by atoms with E-state index in [0.29, 0.717) is 21.1 Å². The largest absolute Gasteiger partial charge is 0.391 e. The third-order valence-electron chi connectivity index (χ3n) is 3.18. The lowest BCUT2D eigenvalue weighted by atomic mass is 10.1. The molecule has 0 spiro atoms. The second-order valence-corrected chi connectivity index (χ2v) is 9.09. The van der Waals surface area contributed by atoms with Gasteiger partial charge in [-0.3, -0.25) is 0 Å². The first kappa shape index (κ1) is 14.5. The van der Waals surface area contributed by atoms with Crippen LogP contribution >= 0.6 is 27.3 Å². The average molecular weight is 354 g/mol. The molecule has 1 saturated heterocycles. The van der Waals surface area contributed by atoms with Crippen LogP contribution in [0.1, 0.15) is 25.1 Å². The minimum atomic E-state index is -3.45. The molecule has 7 heteroatoms. The first-order valence-electron chi connectivity index (χ1n) is 5.77. The van der Waals surface area contributed by atoms with Crippen molar-refractivity contribution in [3.63, 3.8) is 0 Å². The number of aliphatic hydroxyl groups excluding tert-OH is 1. The Hall–Kier alpha value is 0.0500. The monoisotopic (exact) mass is 353 g/mol. The second kappa shape index (κ2) is 5.20. The summed E-state index contributed by atoms with van der Waals surface area (Å²) in [6.45, 7) is 4.44. The van der Waals surface area contributed by atoms with Crippen LogP contribution in [-0.2, 0) is 16.6 Å². The Kier molecular flexibility index (Phi) is 4.18. The number of nitrogens with zero attached hydrogens (tertiary/aromatic N) is 1. The summed E-state index contributed by atoms with van der Waals surface area (Å²) in [5, 5.41) is 9.08. The van der Waals surface area contributed by atoms with Crippen LogP contribution in [0.15, 0.2) is 14.7 Å². The van der Waals surface area contributed by atoms with Gasteiger partial charge in [0.25, 0.3) is 0 Å². The molecule has 1 fully saturated rings. The van der Waals surface area contributed by atoms with Crippen LogP contribution in [0.4, 0.5) is 0 Å². The summed E-state index contributed by atoms with van der Waals surface area (Å²) in [5.74, 6) is 0.393. The molecular formula is C11H16BrNO3S2. The van der Waals surface area contributed by atoms with Crippen LogP contribution < -0.4 is 0 Å². The second-order valence-electron chi connectivity index (χ2n) is 4.77. The van der Waals surface area contributed by atoms with Gasteiger partial charge in [0.2, 0.25) is 10.0 Å². The molecule has 0 aromatic carbocycles. The highest BCUT2D eigenvalue weighted by Gasteiger charge is 2.37. The van der Waals surface area contributed by atoms with Gasteiger partial charge in [0, 0.05) is 17.5 Å². The summed E-state index contributed by atoms with van der Waals surface area (Å²) in [5.41, 5.74) is 0. The normalized spacial score (nSPS) is 25.8. The Balaban J connectivity index is 2.39. The third-order valence-corrected chi connectivity index (χ3v) is 7.39. The van der Waals surface area contributed by atoms with Gasteiger partial charge < -0.3 is 5.11 Å². The molecule has 1 aliphatic rings. The molecule has 0 amide bonds. The molecule has 2 unspecified atom stereocenters. The smallest absolute Gasteiger partial charge is 0.245 e. The van der Waals surface area contributed by atoms with E-state index in [9.17, 15) is 8.42 Å². The van der Waals surface area contributed by atoms with Crippen molar-refractivity contribution in [2.75, 3.05) is 6.54 Å². The van der Waals surface area contributed by atoms with E-state index < -0.39 is 10.0 Å². The molecule has 1 aromatic heterocycles. The van der Waals surface area contributed by atoms with Gasteiger partial charge in [-0.2, -0.15) is 4.31 Å². The highest BCUT2D eigenvalue weighted by Crippen LogP contribution is 2.36. The van der Waals surface area contributed by atoms with Crippen LogP contribution in [0.25, 0.3) is 0 Å². The Morgan fingerprint density at radius 2 is 2.22 bits per heavy atom. The zero-order valence-corrected chi connectivity index (χ0v) is 13.5. The van der Waals surface area contributed by atoms with E-state index in [-0.39, 0.29) is 17.5 Å². The highest BCUT2D eigenvalue weighted by atomic mass is 79.9. The lowest BCUT2D eigenvalue weighted by Crippen LogP contribution is -2.33. The molecule has 1 N–H and O–H groups in total.